The summed E-state index contributed by atoms with van der Waals surface area (Å²) in [6.45, 7) is 3.88. The number of carbonyl (C=O) groups is 1. The van der Waals surface area contributed by atoms with Crippen molar-refractivity contribution in [2.24, 2.45) is 0 Å². The van der Waals surface area contributed by atoms with Gasteiger partial charge in [-0.2, -0.15) is 15.4 Å². The highest BCUT2D eigenvalue weighted by Crippen LogP contribution is 2.19. The number of H-pyrrole nitrogens is 1. The van der Waals surface area contributed by atoms with E-state index in [1.54, 1.807) is 19.3 Å². The molecule has 1 atom stereocenters. The quantitative estimate of drug-likeness (QED) is 0.844. The number of unbranched alkanes of at least 4 members (excludes halogenated alkanes) is 1. The average Bonchev–Trinajstić information content (AvgIpc) is 2.90. The fourth-order valence-corrected chi connectivity index (χ4v) is 2.04. The molecule has 0 radical (unpaired) electrons. The van der Waals surface area contributed by atoms with Crippen molar-refractivity contribution < 1.29 is 4.79 Å². The standard InChI is InChI=1S/C14H19N5O/c1-3-4-7-12(11-6-5-8-15-9-11)16-14(20)13-10(2)17-19-18-13/h5-6,8-9,12H,3-4,7H2,1-2H3,(H,16,20)(H,17,18,19)/t12-/m1/s1. The molecule has 0 bridgehead atoms. The average molecular weight is 273 g/mol. The van der Waals surface area contributed by atoms with Gasteiger partial charge < -0.3 is 5.32 Å². The molecule has 2 N–H and O–H groups in total. The smallest absolute Gasteiger partial charge is 0.274 e. The lowest BCUT2D eigenvalue weighted by molar-refractivity contribution is 0.0928. The van der Waals surface area contributed by atoms with Crippen molar-refractivity contribution in [3.05, 3.63) is 41.5 Å². The van der Waals surface area contributed by atoms with Crippen molar-refractivity contribution in [3.63, 3.8) is 0 Å². The van der Waals surface area contributed by atoms with Gasteiger partial charge in [0, 0.05) is 12.4 Å². The zero-order valence-electron chi connectivity index (χ0n) is 11.8. The molecule has 0 aliphatic carbocycles. The SMILES string of the molecule is CCCC[C@@H](NC(=O)c1n[nH]nc1C)c1cccnc1. The number of nitrogens with one attached hydrogen (secondary N) is 2. The maximum Gasteiger partial charge on any atom is 0.274 e. The van der Waals surface area contributed by atoms with Crippen LogP contribution < -0.4 is 5.32 Å². The van der Waals surface area contributed by atoms with E-state index in [0.29, 0.717) is 11.4 Å². The number of hydrogen-bond donors (Lipinski definition) is 2. The molecule has 0 unspecified atom stereocenters. The minimum Gasteiger partial charge on any atom is -0.344 e. The largest absolute Gasteiger partial charge is 0.344 e. The predicted molar refractivity (Wildman–Crippen MR) is 75.1 cm³/mol. The minimum absolute atomic E-state index is 0.0488. The topological polar surface area (TPSA) is 83.6 Å². The molecule has 6 heteroatoms. The highest BCUT2D eigenvalue weighted by Gasteiger charge is 2.19. The molecule has 106 valence electrons. The number of hydrogen-bond acceptors (Lipinski definition) is 4. The lowest BCUT2D eigenvalue weighted by Crippen LogP contribution is -2.29. The van der Waals surface area contributed by atoms with Crippen LogP contribution in [0.15, 0.2) is 24.5 Å². The Labute approximate surface area is 118 Å². The van der Waals surface area contributed by atoms with Gasteiger partial charge in [0.15, 0.2) is 5.69 Å². The molecule has 2 aromatic rings. The van der Waals surface area contributed by atoms with Crippen LogP contribution in [0.25, 0.3) is 0 Å². The fourth-order valence-electron chi connectivity index (χ4n) is 2.04. The minimum atomic E-state index is -0.207. The monoisotopic (exact) mass is 273 g/mol. The molecule has 0 saturated heterocycles. The summed E-state index contributed by atoms with van der Waals surface area (Å²) >= 11 is 0. The summed E-state index contributed by atoms with van der Waals surface area (Å²) in [5.41, 5.74) is 1.95. The van der Waals surface area contributed by atoms with Crippen LogP contribution in [0.2, 0.25) is 0 Å². The highest BCUT2D eigenvalue weighted by molar-refractivity contribution is 5.93. The number of amides is 1. The third kappa shape index (κ3) is 3.40. The van der Waals surface area contributed by atoms with Crippen LogP contribution in [0, 0.1) is 6.92 Å². The van der Waals surface area contributed by atoms with Crippen LogP contribution in [-0.2, 0) is 0 Å². The summed E-state index contributed by atoms with van der Waals surface area (Å²) in [6, 6.07) is 3.80. The lowest BCUT2D eigenvalue weighted by Gasteiger charge is -2.18. The maximum atomic E-state index is 12.2. The van der Waals surface area contributed by atoms with Gasteiger partial charge in [-0.05, 0) is 25.0 Å². The number of pyridine rings is 1. The summed E-state index contributed by atoms with van der Waals surface area (Å²) in [5.74, 6) is -0.207. The summed E-state index contributed by atoms with van der Waals surface area (Å²) in [6.07, 6.45) is 6.51. The van der Waals surface area contributed by atoms with E-state index < -0.39 is 0 Å². The molecular weight excluding hydrogens is 254 g/mol. The Morgan fingerprint density at radius 2 is 2.30 bits per heavy atom. The van der Waals surface area contributed by atoms with Gasteiger partial charge in [0.1, 0.15) is 0 Å². The maximum absolute atomic E-state index is 12.2. The Balaban J connectivity index is 2.12. The molecule has 0 saturated carbocycles. The molecule has 0 aromatic carbocycles. The van der Waals surface area contributed by atoms with Gasteiger partial charge >= 0.3 is 0 Å². The van der Waals surface area contributed by atoms with Crippen LogP contribution >= 0.6 is 0 Å². The van der Waals surface area contributed by atoms with Crippen molar-refractivity contribution in [3.8, 4) is 0 Å². The summed E-state index contributed by atoms with van der Waals surface area (Å²) in [7, 11) is 0. The van der Waals surface area contributed by atoms with Crippen molar-refractivity contribution in [2.75, 3.05) is 0 Å². The summed E-state index contributed by atoms with van der Waals surface area (Å²) in [4.78, 5) is 16.3. The van der Waals surface area contributed by atoms with E-state index in [4.69, 9.17) is 0 Å². The Bertz CT molecular complexity index is 552. The molecule has 6 nitrogen and oxygen atoms in total. The highest BCUT2D eigenvalue weighted by atomic mass is 16.2. The molecule has 0 aliphatic rings. The number of aryl methyl sites for hydroxylation is 1. The third-order valence-electron chi connectivity index (χ3n) is 3.18. The molecule has 2 aromatic heterocycles. The predicted octanol–water partition coefficient (Wildman–Crippen LogP) is 2.17. The zero-order valence-corrected chi connectivity index (χ0v) is 11.8. The van der Waals surface area contributed by atoms with Crippen LogP contribution in [-0.4, -0.2) is 26.3 Å². The Hall–Kier alpha value is -2.24. The lowest BCUT2D eigenvalue weighted by atomic mass is 10.0. The third-order valence-corrected chi connectivity index (χ3v) is 3.18. The van der Waals surface area contributed by atoms with Crippen LogP contribution in [0.5, 0.6) is 0 Å². The first kappa shape index (κ1) is 14.2. The molecule has 20 heavy (non-hydrogen) atoms. The van der Waals surface area contributed by atoms with Crippen LogP contribution in [0.1, 0.15) is 54.0 Å². The molecule has 2 rings (SSSR count). The zero-order chi connectivity index (χ0) is 14.4. The molecule has 1 amide bonds. The van der Waals surface area contributed by atoms with Crippen LogP contribution in [0.4, 0.5) is 0 Å². The van der Waals surface area contributed by atoms with Crippen molar-refractivity contribution in [2.45, 2.75) is 39.2 Å². The van der Waals surface area contributed by atoms with E-state index in [1.165, 1.54) is 0 Å². The first-order chi connectivity index (χ1) is 9.72. The second-order valence-corrected chi connectivity index (χ2v) is 4.71. The van der Waals surface area contributed by atoms with Gasteiger partial charge in [0.25, 0.3) is 5.91 Å². The first-order valence-corrected chi connectivity index (χ1v) is 6.80. The number of aromatic nitrogens is 4. The molecule has 0 spiro atoms. The van der Waals surface area contributed by atoms with E-state index in [9.17, 15) is 4.79 Å². The summed E-state index contributed by atoms with van der Waals surface area (Å²) < 4.78 is 0. The Morgan fingerprint density at radius 1 is 1.45 bits per heavy atom. The van der Waals surface area contributed by atoms with Crippen molar-refractivity contribution in [1.82, 2.24) is 25.7 Å². The number of aromatic amines is 1. The van der Waals surface area contributed by atoms with Gasteiger partial charge in [0.2, 0.25) is 0 Å². The van der Waals surface area contributed by atoms with Crippen molar-refractivity contribution >= 4 is 5.91 Å². The number of nitrogens with zero attached hydrogens (tertiary/aromatic N) is 3. The van der Waals surface area contributed by atoms with E-state index in [-0.39, 0.29) is 11.9 Å². The second-order valence-electron chi connectivity index (χ2n) is 4.71. The molecule has 0 fully saturated rings. The van der Waals surface area contributed by atoms with E-state index >= 15 is 0 Å². The van der Waals surface area contributed by atoms with Gasteiger partial charge in [-0.25, -0.2) is 0 Å². The fraction of sp³-hybridized carbons (Fsp3) is 0.429. The molecule has 2 heterocycles. The van der Waals surface area contributed by atoms with Gasteiger partial charge in [0.05, 0.1) is 11.7 Å². The van der Waals surface area contributed by atoms with Gasteiger partial charge in [-0.1, -0.05) is 25.8 Å². The molecule has 0 aliphatic heterocycles. The summed E-state index contributed by atoms with van der Waals surface area (Å²) in [5, 5.41) is 13.2. The van der Waals surface area contributed by atoms with Gasteiger partial charge in [-0.15, -0.1) is 0 Å². The van der Waals surface area contributed by atoms with Crippen molar-refractivity contribution in [1.29, 1.82) is 0 Å². The van der Waals surface area contributed by atoms with E-state index in [1.807, 2.05) is 12.1 Å². The van der Waals surface area contributed by atoms with E-state index in [2.05, 4.69) is 32.6 Å². The Morgan fingerprint density at radius 3 is 2.90 bits per heavy atom. The normalized spacial score (nSPS) is 12.1. The molecular formula is C14H19N5O. The van der Waals surface area contributed by atoms with E-state index in [0.717, 1.165) is 24.8 Å². The first-order valence-electron chi connectivity index (χ1n) is 6.80. The van der Waals surface area contributed by atoms with Crippen LogP contribution in [0.3, 0.4) is 0 Å². The number of rotatable bonds is 6. The van der Waals surface area contributed by atoms with Gasteiger partial charge in [-0.3, -0.25) is 9.78 Å². The Kier molecular flexibility index (Phi) is 4.81. The number of carbonyl (C=O) groups excluding carboxylic acids is 1. The second kappa shape index (κ2) is 6.79.